The van der Waals surface area contributed by atoms with Gasteiger partial charge in [0.1, 0.15) is 5.75 Å². The second-order valence-corrected chi connectivity index (χ2v) is 11.5. The minimum Gasteiger partial charge on any atom is -0.490 e. The van der Waals surface area contributed by atoms with Crippen LogP contribution in [0, 0.1) is 6.92 Å². The zero-order chi connectivity index (χ0) is 23.0. The van der Waals surface area contributed by atoms with Crippen molar-refractivity contribution in [3.05, 3.63) is 47.0 Å². The molecule has 0 atom stereocenters. The van der Waals surface area contributed by atoms with Crippen molar-refractivity contribution in [2.45, 2.75) is 31.8 Å². The summed E-state index contributed by atoms with van der Waals surface area (Å²) in [5.74, 6) is 0.195. The number of piperazine rings is 1. The lowest BCUT2D eigenvalue weighted by Gasteiger charge is -2.36. The molecule has 1 aliphatic heterocycles. The molecule has 1 saturated heterocycles. The van der Waals surface area contributed by atoms with E-state index in [-0.39, 0.29) is 22.5 Å². The molecule has 7 nitrogen and oxygen atoms in total. The second-order valence-electron chi connectivity index (χ2n) is 8.26. The van der Waals surface area contributed by atoms with E-state index in [0.29, 0.717) is 31.9 Å². The predicted molar refractivity (Wildman–Crippen MR) is 128 cm³/mol. The zero-order valence-corrected chi connectivity index (χ0v) is 20.3. The van der Waals surface area contributed by atoms with E-state index in [2.05, 4.69) is 28.1 Å². The molecule has 170 valence electrons. The van der Waals surface area contributed by atoms with Crippen LogP contribution < -0.4 is 9.64 Å². The summed E-state index contributed by atoms with van der Waals surface area (Å²) in [7, 11) is -3.44. The van der Waals surface area contributed by atoms with E-state index in [0.717, 1.165) is 22.5 Å². The third kappa shape index (κ3) is 4.73. The number of aromatic nitrogens is 1. The van der Waals surface area contributed by atoms with E-state index in [1.807, 2.05) is 20.8 Å². The number of thiazole rings is 1. The molecule has 1 aliphatic rings. The van der Waals surface area contributed by atoms with Gasteiger partial charge >= 0.3 is 0 Å². The minimum atomic E-state index is -3.44. The molecule has 0 aliphatic carbocycles. The molecule has 4 rings (SSSR count). The van der Waals surface area contributed by atoms with E-state index < -0.39 is 9.84 Å². The summed E-state index contributed by atoms with van der Waals surface area (Å²) in [6, 6.07) is 10.8. The van der Waals surface area contributed by atoms with Crippen molar-refractivity contribution >= 4 is 43.0 Å². The SMILES string of the molecule is Cc1nc2cc(N3CCN(C(=O)c4cc(S(C)(=O)=O)ccc4OC(C)C)CC3)ccc2s1. The Kier molecular flexibility index (Phi) is 6.13. The fourth-order valence-corrected chi connectivity index (χ4v) is 5.28. The molecule has 0 N–H and O–H groups in total. The van der Waals surface area contributed by atoms with Crippen LogP contribution in [0.5, 0.6) is 5.75 Å². The quantitative estimate of drug-likeness (QED) is 0.561. The third-order valence-corrected chi connectivity index (χ3v) is 7.44. The van der Waals surface area contributed by atoms with Gasteiger partial charge in [0.15, 0.2) is 9.84 Å². The Balaban J connectivity index is 1.53. The minimum absolute atomic E-state index is 0.113. The molecular weight excluding hydrogens is 446 g/mol. The van der Waals surface area contributed by atoms with Gasteiger partial charge in [0, 0.05) is 38.1 Å². The monoisotopic (exact) mass is 473 g/mol. The van der Waals surface area contributed by atoms with Gasteiger partial charge < -0.3 is 14.5 Å². The first-order chi connectivity index (χ1) is 15.1. The van der Waals surface area contributed by atoms with E-state index in [1.165, 1.54) is 16.8 Å². The maximum Gasteiger partial charge on any atom is 0.257 e. The lowest BCUT2D eigenvalue weighted by Crippen LogP contribution is -2.48. The molecule has 0 unspecified atom stereocenters. The maximum absolute atomic E-state index is 13.3. The summed E-state index contributed by atoms with van der Waals surface area (Å²) < 4.78 is 31.0. The van der Waals surface area contributed by atoms with Crippen molar-refractivity contribution in [1.29, 1.82) is 0 Å². The van der Waals surface area contributed by atoms with E-state index >= 15 is 0 Å². The number of anilines is 1. The van der Waals surface area contributed by atoms with Crippen molar-refractivity contribution in [3.63, 3.8) is 0 Å². The number of hydrogen-bond donors (Lipinski definition) is 0. The lowest BCUT2D eigenvalue weighted by molar-refractivity contribution is 0.0740. The topological polar surface area (TPSA) is 79.8 Å². The average molecular weight is 474 g/mol. The highest BCUT2D eigenvalue weighted by atomic mass is 32.2. The first-order valence-electron chi connectivity index (χ1n) is 10.5. The fraction of sp³-hybridized carbons (Fsp3) is 0.391. The van der Waals surface area contributed by atoms with Crippen molar-refractivity contribution < 1.29 is 17.9 Å². The highest BCUT2D eigenvalue weighted by Crippen LogP contribution is 2.29. The Labute approximate surface area is 192 Å². The summed E-state index contributed by atoms with van der Waals surface area (Å²) in [6.45, 7) is 8.20. The van der Waals surface area contributed by atoms with Crippen LogP contribution >= 0.6 is 11.3 Å². The molecule has 0 spiro atoms. The molecule has 0 saturated carbocycles. The summed E-state index contributed by atoms with van der Waals surface area (Å²) in [5.41, 5.74) is 2.38. The Morgan fingerprint density at radius 1 is 1.09 bits per heavy atom. The predicted octanol–water partition coefficient (Wildman–Crippen LogP) is 3.76. The lowest BCUT2D eigenvalue weighted by atomic mass is 10.1. The number of amides is 1. The van der Waals surface area contributed by atoms with Crippen LogP contribution in [-0.2, 0) is 9.84 Å². The van der Waals surface area contributed by atoms with Crippen molar-refractivity contribution in [2.24, 2.45) is 0 Å². The number of rotatable bonds is 5. The number of carbonyl (C=O) groups is 1. The first-order valence-corrected chi connectivity index (χ1v) is 13.2. The second kappa shape index (κ2) is 8.71. The van der Waals surface area contributed by atoms with Gasteiger partial charge in [-0.1, -0.05) is 0 Å². The van der Waals surface area contributed by atoms with Crippen molar-refractivity contribution in [3.8, 4) is 5.75 Å². The fourth-order valence-electron chi connectivity index (χ4n) is 3.83. The maximum atomic E-state index is 13.3. The van der Waals surface area contributed by atoms with E-state index in [4.69, 9.17) is 4.74 Å². The number of nitrogens with zero attached hydrogens (tertiary/aromatic N) is 3. The smallest absolute Gasteiger partial charge is 0.257 e. The summed E-state index contributed by atoms with van der Waals surface area (Å²) in [6.07, 6.45) is 1.01. The normalized spacial score (nSPS) is 14.9. The van der Waals surface area contributed by atoms with Gasteiger partial charge in [0.2, 0.25) is 0 Å². The number of ether oxygens (including phenoxy) is 1. The Morgan fingerprint density at radius 3 is 2.47 bits per heavy atom. The van der Waals surface area contributed by atoms with Gasteiger partial charge in [-0.15, -0.1) is 11.3 Å². The Bertz CT molecular complexity index is 1260. The van der Waals surface area contributed by atoms with Gasteiger partial charge in [0.05, 0.1) is 31.8 Å². The molecule has 9 heteroatoms. The molecule has 2 heterocycles. The summed E-state index contributed by atoms with van der Waals surface area (Å²) in [4.78, 5) is 22.0. The molecule has 0 radical (unpaired) electrons. The Morgan fingerprint density at radius 2 is 1.81 bits per heavy atom. The van der Waals surface area contributed by atoms with Gasteiger partial charge in [-0.3, -0.25) is 4.79 Å². The summed E-state index contributed by atoms with van der Waals surface area (Å²) in [5, 5.41) is 1.04. The highest BCUT2D eigenvalue weighted by Gasteiger charge is 2.26. The van der Waals surface area contributed by atoms with Crippen molar-refractivity contribution in [2.75, 3.05) is 37.3 Å². The molecule has 2 aromatic carbocycles. The first kappa shape index (κ1) is 22.5. The number of aryl methyl sites for hydroxylation is 1. The zero-order valence-electron chi connectivity index (χ0n) is 18.7. The molecule has 3 aromatic rings. The molecule has 0 bridgehead atoms. The molecule has 1 aromatic heterocycles. The van der Waals surface area contributed by atoms with Crippen LogP contribution in [0.3, 0.4) is 0 Å². The van der Waals surface area contributed by atoms with Crippen LogP contribution in [0.1, 0.15) is 29.2 Å². The Hall–Kier alpha value is -2.65. The largest absolute Gasteiger partial charge is 0.490 e. The highest BCUT2D eigenvalue weighted by molar-refractivity contribution is 7.90. The van der Waals surface area contributed by atoms with Gasteiger partial charge in [-0.05, 0) is 57.2 Å². The van der Waals surface area contributed by atoms with E-state index in [9.17, 15) is 13.2 Å². The summed E-state index contributed by atoms with van der Waals surface area (Å²) >= 11 is 1.68. The number of fused-ring (bicyclic) bond motifs is 1. The van der Waals surface area contributed by atoms with E-state index in [1.54, 1.807) is 22.3 Å². The van der Waals surface area contributed by atoms with Crippen molar-refractivity contribution in [1.82, 2.24) is 9.88 Å². The van der Waals surface area contributed by atoms with Crippen LogP contribution in [0.4, 0.5) is 5.69 Å². The molecule has 1 fully saturated rings. The molecule has 1 amide bonds. The van der Waals surface area contributed by atoms with Crippen LogP contribution in [-0.4, -0.2) is 62.7 Å². The average Bonchev–Trinajstić information content (AvgIpc) is 3.11. The molecular formula is C23H27N3O4S2. The number of sulfone groups is 1. The van der Waals surface area contributed by atoms with Crippen LogP contribution in [0.15, 0.2) is 41.3 Å². The van der Waals surface area contributed by atoms with Gasteiger partial charge in [0.25, 0.3) is 5.91 Å². The standard InChI is InChI=1S/C23H27N3O4S2/c1-15(2)30-21-7-6-18(32(4,28)29)14-19(21)23(27)26-11-9-25(10-12-26)17-5-8-22-20(13-17)24-16(3)31-22/h5-8,13-15H,9-12H2,1-4H3. The third-order valence-electron chi connectivity index (χ3n) is 5.38. The number of benzene rings is 2. The van der Waals surface area contributed by atoms with Crippen LogP contribution in [0.2, 0.25) is 0 Å². The number of carbonyl (C=O) groups excluding carboxylic acids is 1. The van der Waals surface area contributed by atoms with Gasteiger partial charge in [-0.2, -0.15) is 0 Å². The number of hydrogen-bond acceptors (Lipinski definition) is 7. The molecule has 32 heavy (non-hydrogen) atoms. The van der Waals surface area contributed by atoms with Gasteiger partial charge in [-0.25, -0.2) is 13.4 Å². The van der Waals surface area contributed by atoms with Crippen LogP contribution in [0.25, 0.3) is 10.2 Å².